The van der Waals surface area contributed by atoms with Crippen LogP contribution in [0.15, 0.2) is 32.7 Å². The summed E-state index contributed by atoms with van der Waals surface area (Å²) in [5.41, 5.74) is 0.712. The SMILES string of the molecule is CCOC(=O)c1c(-c2ccco2)csc1NC(=O)CCCc1nc(C(C)(C)C)no1. The van der Waals surface area contributed by atoms with Crippen molar-refractivity contribution in [2.24, 2.45) is 0 Å². The minimum absolute atomic E-state index is 0.187. The van der Waals surface area contributed by atoms with Crippen LogP contribution >= 0.6 is 11.3 Å². The summed E-state index contributed by atoms with van der Waals surface area (Å²) in [5, 5.41) is 9.01. The molecule has 160 valence electrons. The van der Waals surface area contributed by atoms with Gasteiger partial charge < -0.3 is 19.0 Å². The number of aromatic nitrogens is 2. The lowest BCUT2D eigenvalue weighted by molar-refractivity contribution is -0.116. The Bertz CT molecular complexity index is 998. The molecule has 0 unspecified atom stereocenters. The van der Waals surface area contributed by atoms with Gasteiger partial charge in [0, 0.05) is 29.2 Å². The standard InChI is InChI=1S/C21H25N3O5S/c1-5-27-19(26)17-13(14-8-7-11-28-14)12-30-18(17)22-15(25)9-6-10-16-23-20(24-29-16)21(2,3)4/h7-8,11-12H,5-6,9-10H2,1-4H3,(H,22,25). The minimum Gasteiger partial charge on any atom is -0.464 e. The minimum atomic E-state index is -0.499. The summed E-state index contributed by atoms with van der Waals surface area (Å²) in [5.74, 6) is 0.993. The zero-order chi connectivity index (χ0) is 21.7. The Morgan fingerprint density at radius 2 is 2.10 bits per heavy atom. The van der Waals surface area contributed by atoms with E-state index in [1.165, 1.54) is 17.6 Å². The topological polar surface area (TPSA) is 107 Å². The Hall–Kier alpha value is -2.94. The summed E-state index contributed by atoms with van der Waals surface area (Å²) in [4.78, 5) is 29.3. The van der Waals surface area contributed by atoms with E-state index in [4.69, 9.17) is 13.7 Å². The number of esters is 1. The lowest BCUT2D eigenvalue weighted by atomic mass is 9.96. The third-order valence-electron chi connectivity index (χ3n) is 4.24. The predicted molar refractivity (Wildman–Crippen MR) is 113 cm³/mol. The highest BCUT2D eigenvalue weighted by atomic mass is 32.1. The average Bonchev–Trinajstić information content (AvgIpc) is 3.41. The number of hydrogen-bond donors (Lipinski definition) is 1. The van der Waals surface area contributed by atoms with Gasteiger partial charge in [0.15, 0.2) is 5.82 Å². The fourth-order valence-corrected chi connectivity index (χ4v) is 3.67. The Balaban J connectivity index is 1.63. The molecule has 0 radical (unpaired) electrons. The molecule has 0 saturated heterocycles. The van der Waals surface area contributed by atoms with Crippen LogP contribution in [0.5, 0.6) is 0 Å². The molecule has 9 heteroatoms. The van der Waals surface area contributed by atoms with Crippen LogP contribution in [0.25, 0.3) is 11.3 Å². The highest BCUT2D eigenvalue weighted by Crippen LogP contribution is 2.36. The van der Waals surface area contributed by atoms with Gasteiger partial charge in [0.2, 0.25) is 11.8 Å². The first-order chi connectivity index (χ1) is 14.3. The van der Waals surface area contributed by atoms with Gasteiger partial charge in [0.25, 0.3) is 0 Å². The van der Waals surface area contributed by atoms with Gasteiger partial charge in [-0.3, -0.25) is 4.79 Å². The number of anilines is 1. The molecule has 0 bridgehead atoms. The highest BCUT2D eigenvalue weighted by Gasteiger charge is 2.24. The zero-order valence-corrected chi connectivity index (χ0v) is 18.3. The molecule has 0 aromatic carbocycles. The third-order valence-corrected chi connectivity index (χ3v) is 5.14. The molecular formula is C21H25N3O5S. The number of rotatable bonds is 8. The van der Waals surface area contributed by atoms with Gasteiger partial charge >= 0.3 is 5.97 Å². The molecule has 0 aliphatic rings. The number of carbonyl (C=O) groups is 2. The fraction of sp³-hybridized carbons (Fsp3) is 0.429. The van der Waals surface area contributed by atoms with Crippen LogP contribution in [-0.2, 0) is 21.4 Å². The maximum atomic E-state index is 12.5. The van der Waals surface area contributed by atoms with E-state index in [9.17, 15) is 9.59 Å². The number of hydrogen-bond acceptors (Lipinski definition) is 8. The summed E-state index contributed by atoms with van der Waals surface area (Å²) in [6, 6.07) is 3.50. The molecule has 3 aromatic heterocycles. The largest absolute Gasteiger partial charge is 0.464 e. The maximum Gasteiger partial charge on any atom is 0.341 e. The Morgan fingerprint density at radius 3 is 2.73 bits per heavy atom. The fourth-order valence-electron chi connectivity index (χ4n) is 2.72. The first-order valence-electron chi connectivity index (χ1n) is 9.75. The number of nitrogens with one attached hydrogen (secondary N) is 1. The van der Waals surface area contributed by atoms with Crippen molar-refractivity contribution in [1.82, 2.24) is 10.1 Å². The lowest BCUT2D eigenvalue weighted by Gasteiger charge is -2.10. The molecule has 0 aliphatic carbocycles. The molecular weight excluding hydrogens is 406 g/mol. The van der Waals surface area contributed by atoms with Gasteiger partial charge in [-0.1, -0.05) is 25.9 Å². The summed E-state index contributed by atoms with van der Waals surface area (Å²) in [6.45, 7) is 7.99. The Morgan fingerprint density at radius 1 is 1.30 bits per heavy atom. The van der Waals surface area contributed by atoms with Gasteiger partial charge in [-0.25, -0.2) is 4.79 Å². The van der Waals surface area contributed by atoms with E-state index in [-0.39, 0.29) is 24.3 Å². The van der Waals surface area contributed by atoms with E-state index >= 15 is 0 Å². The van der Waals surface area contributed by atoms with E-state index in [1.807, 2.05) is 20.8 Å². The maximum absolute atomic E-state index is 12.5. The van der Waals surface area contributed by atoms with Crippen LogP contribution < -0.4 is 5.32 Å². The van der Waals surface area contributed by atoms with E-state index in [2.05, 4.69) is 15.5 Å². The van der Waals surface area contributed by atoms with Crippen LogP contribution in [0.4, 0.5) is 5.00 Å². The molecule has 30 heavy (non-hydrogen) atoms. The molecule has 3 rings (SSSR count). The first kappa shape index (κ1) is 21.8. The number of amides is 1. The Kier molecular flexibility index (Phi) is 6.71. The molecule has 3 heterocycles. The lowest BCUT2D eigenvalue weighted by Crippen LogP contribution is -2.15. The van der Waals surface area contributed by atoms with E-state index < -0.39 is 5.97 Å². The molecule has 0 fully saturated rings. The van der Waals surface area contributed by atoms with Crippen molar-refractivity contribution in [3.63, 3.8) is 0 Å². The van der Waals surface area contributed by atoms with Gasteiger partial charge in [-0.2, -0.15) is 4.98 Å². The number of ether oxygens (including phenoxy) is 1. The van der Waals surface area contributed by atoms with Crippen molar-refractivity contribution in [3.05, 3.63) is 41.1 Å². The first-order valence-corrected chi connectivity index (χ1v) is 10.6. The number of furan rings is 1. The van der Waals surface area contributed by atoms with Crippen molar-refractivity contribution >= 4 is 28.2 Å². The molecule has 0 atom stereocenters. The van der Waals surface area contributed by atoms with Gasteiger partial charge in [-0.15, -0.1) is 11.3 Å². The molecule has 1 N–H and O–H groups in total. The van der Waals surface area contributed by atoms with Gasteiger partial charge in [-0.05, 0) is 25.5 Å². The highest BCUT2D eigenvalue weighted by molar-refractivity contribution is 7.15. The molecule has 3 aromatic rings. The van der Waals surface area contributed by atoms with Crippen LogP contribution in [0.3, 0.4) is 0 Å². The summed E-state index contributed by atoms with van der Waals surface area (Å²) < 4.78 is 15.8. The second kappa shape index (κ2) is 9.25. The second-order valence-corrected chi connectivity index (χ2v) is 8.59. The van der Waals surface area contributed by atoms with Gasteiger partial charge in [0.05, 0.1) is 12.9 Å². The van der Waals surface area contributed by atoms with Crippen LogP contribution in [-0.4, -0.2) is 28.6 Å². The Labute approximate surface area is 178 Å². The second-order valence-electron chi connectivity index (χ2n) is 7.71. The molecule has 0 aliphatic heterocycles. The average molecular weight is 432 g/mol. The molecule has 0 spiro atoms. The van der Waals surface area contributed by atoms with Crippen molar-refractivity contribution in [1.29, 1.82) is 0 Å². The smallest absolute Gasteiger partial charge is 0.341 e. The molecule has 1 amide bonds. The normalized spacial score (nSPS) is 11.5. The van der Waals surface area contributed by atoms with Crippen molar-refractivity contribution in [2.45, 2.75) is 52.4 Å². The predicted octanol–water partition coefficient (Wildman–Crippen LogP) is 4.83. The van der Waals surface area contributed by atoms with Crippen molar-refractivity contribution < 1.29 is 23.3 Å². The van der Waals surface area contributed by atoms with E-state index in [0.717, 1.165) is 0 Å². The van der Waals surface area contributed by atoms with E-state index in [1.54, 1.807) is 24.4 Å². The third kappa shape index (κ3) is 5.15. The van der Waals surface area contributed by atoms with Crippen molar-refractivity contribution in [2.75, 3.05) is 11.9 Å². The monoisotopic (exact) mass is 431 g/mol. The van der Waals surface area contributed by atoms with Crippen molar-refractivity contribution in [3.8, 4) is 11.3 Å². The quantitative estimate of drug-likeness (QED) is 0.509. The number of nitrogens with zero attached hydrogens (tertiary/aromatic N) is 2. The molecule has 8 nitrogen and oxygen atoms in total. The van der Waals surface area contributed by atoms with Crippen LogP contribution in [0.1, 0.15) is 62.6 Å². The zero-order valence-electron chi connectivity index (χ0n) is 17.5. The van der Waals surface area contributed by atoms with Crippen LogP contribution in [0, 0.1) is 0 Å². The summed E-state index contributed by atoms with van der Waals surface area (Å²) in [7, 11) is 0. The number of carbonyl (C=O) groups excluding carboxylic acids is 2. The van der Waals surface area contributed by atoms with Crippen LogP contribution in [0.2, 0.25) is 0 Å². The summed E-state index contributed by atoms with van der Waals surface area (Å²) in [6.07, 6.45) is 2.83. The number of thiophene rings is 1. The van der Waals surface area contributed by atoms with Gasteiger partial charge in [0.1, 0.15) is 16.3 Å². The van der Waals surface area contributed by atoms with E-state index in [0.29, 0.717) is 46.4 Å². The number of aryl methyl sites for hydroxylation is 1. The summed E-state index contributed by atoms with van der Waals surface area (Å²) >= 11 is 1.26. The molecule has 0 saturated carbocycles.